The van der Waals surface area contributed by atoms with Crippen LogP contribution < -0.4 is 5.32 Å². The van der Waals surface area contributed by atoms with Crippen LogP contribution in [0.1, 0.15) is 55.3 Å². The second-order valence-electron chi connectivity index (χ2n) is 5.16. The molecular formula is C14H21N5O. The Morgan fingerprint density at radius 3 is 2.70 bits per heavy atom. The third-order valence-corrected chi connectivity index (χ3v) is 3.21. The monoisotopic (exact) mass is 275 g/mol. The molecule has 1 amide bonds. The first-order valence-electron chi connectivity index (χ1n) is 6.85. The Morgan fingerprint density at radius 2 is 2.20 bits per heavy atom. The molecule has 1 N–H and O–H groups in total. The van der Waals surface area contributed by atoms with Crippen molar-refractivity contribution >= 4 is 5.91 Å². The van der Waals surface area contributed by atoms with Gasteiger partial charge in [-0.3, -0.25) is 14.2 Å². The summed E-state index contributed by atoms with van der Waals surface area (Å²) >= 11 is 0. The topological polar surface area (TPSA) is 64.7 Å². The largest absolute Gasteiger partial charge is 0.344 e. The van der Waals surface area contributed by atoms with Crippen molar-refractivity contribution in [3.63, 3.8) is 0 Å². The SMILES string of the molecule is CC[C@@H](NC(=O)c1ccn(C(C)C)n1)c1cnn(C)c1. The lowest BCUT2D eigenvalue weighted by atomic mass is 10.1. The molecule has 0 aliphatic heterocycles. The van der Waals surface area contributed by atoms with E-state index in [0.717, 1.165) is 12.0 Å². The van der Waals surface area contributed by atoms with E-state index in [2.05, 4.69) is 15.5 Å². The Kier molecular flexibility index (Phi) is 4.22. The van der Waals surface area contributed by atoms with Gasteiger partial charge < -0.3 is 5.32 Å². The van der Waals surface area contributed by atoms with Crippen LogP contribution in [-0.2, 0) is 7.05 Å². The van der Waals surface area contributed by atoms with E-state index in [0.29, 0.717) is 5.69 Å². The minimum absolute atomic E-state index is 0.0413. The average molecular weight is 275 g/mol. The predicted molar refractivity (Wildman–Crippen MR) is 76.3 cm³/mol. The Labute approximate surface area is 118 Å². The van der Waals surface area contributed by atoms with Crippen LogP contribution in [0.2, 0.25) is 0 Å². The molecule has 20 heavy (non-hydrogen) atoms. The van der Waals surface area contributed by atoms with Crippen molar-refractivity contribution < 1.29 is 4.79 Å². The molecule has 108 valence electrons. The van der Waals surface area contributed by atoms with Gasteiger partial charge in [-0.25, -0.2) is 0 Å². The van der Waals surface area contributed by atoms with Gasteiger partial charge in [0, 0.05) is 31.0 Å². The fourth-order valence-corrected chi connectivity index (χ4v) is 2.02. The average Bonchev–Trinajstić information content (AvgIpc) is 3.04. The van der Waals surface area contributed by atoms with Crippen LogP contribution in [-0.4, -0.2) is 25.5 Å². The second kappa shape index (κ2) is 5.90. The molecule has 2 heterocycles. The van der Waals surface area contributed by atoms with E-state index >= 15 is 0 Å². The van der Waals surface area contributed by atoms with Crippen LogP contribution in [0.4, 0.5) is 0 Å². The van der Waals surface area contributed by atoms with Gasteiger partial charge >= 0.3 is 0 Å². The quantitative estimate of drug-likeness (QED) is 0.908. The van der Waals surface area contributed by atoms with Gasteiger partial charge in [-0.2, -0.15) is 10.2 Å². The highest BCUT2D eigenvalue weighted by molar-refractivity contribution is 5.92. The van der Waals surface area contributed by atoms with Gasteiger partial charge in [-0.05, 0) is 26.3 Å². The number of aromatic nitrogens is 4. The fourth-order valence-electron chi connectivity index (χ4n) is 2.02. The molecule has 0 fully saturated rings. The standard InChI is InChI=1S/C14H21N5O/c1-5-12(11-8-15-18(4)9-11)16-14(20)13-6-7-19(17-13)10(2)3/h6-10,12H,5H2,1-4H3,(H,16,20)/t12-/m1/s1. The number of nitrogens with zero attached hydrogens (tertiary/aromatic N) is 4. The molecule has 0 unspecified atom stereocenters. The van der Waals surface area contributed by atoms with Crippen LogP contribution in [0.25, 0.3) is 0 Å². The zero-order valence-corrected chi connectivity index (χ0v) is 12.4. The third kappa shape index (κ3) is 3.07. The van der Waals surface area contributed by atoms with E-state index < -0.39 is 0 Å². The molecule has 1 atom stereocenters. The number of carbonyl (C=O) groups excluding carboxylic acids is 1. The molecule has 2 rings (SSSR count). The van der Waals surface area contributed by atoms with Crippen LogP contribution >= 0.6 is 0 Å². The van der Waals surface area contributed by atoms with Gasteiger partial charge in [0.1, 0.15) is 5.69 Å². The zero-order valence-electron chi connectivity index (χ0n) is 12.4. The van der Waals surface area contributed by atoms with E-state index in [1.807, 2.05) is 40.2 Å². The predicted octanol–water partition coefficient (Wildman–Crippen LogP) is 2.08. The fraction of sp³-hybridized carbons (Fsp3) is 0.500. The summed E-state index contributed by atoms with van der Waals surface area (Å²) < 4.78 is 3.51. The Morgan fingerprint density at radius 1 is 1.45 bits per heavy atom. The summed E-state index contributed by atoms with van der Waals surface area (Å²) in [6.07, 6.45) is 6.33. The van der Waals surface area contributed by atoms with E-state index in [-0.39, 0.29) is 18.0 Å². The molecule has 0 aliphatic rings. The number of carbonyl (C=O) groups is 1. The molecule has 2 aromatic heterocycles. The molecule has 6 nitrogen and oxygen atoms in total. The van der Waals surface area contributed by atoms with Gasteiger partial charge in [0.2, 0.25) is 0 Å². The van der Waals surface area contributed by atoms with Crippen LogP contribution in [0.5, 0.6) is 0 Å². The molecular weight excluding hydrogens is 254 g/mol. The van der Waals surface area contributed by atoms with Gasteiger partial charge in [0.05, 0.1) is 12.2 Å². The molecule has 2 aromatic rings. The molecule has 0 spiro atoms. The number of hydrogen-bond donors (Lipinski definition) is 1. The summed E-state index contributed by atoms with van der Waals surface area (Å²) in [4.78, 5) is 12.2. The van der Waals surface area contributed by atoms with Crippen molar-refractivity contribution in [3.05, 3.63) is 35.9 Å². The summed E-state index contributed by atoms with van der Waals surface area (Å²) in [5.74, 6) is -0.153. The number of rotatable bonds is 5. The van der Waals surface area contributed by atoms with Crippen molar-refractivity contribution in [2.75, 3.05) is 0 Å². The van der Waals surface area contributed by atoms with Crippen molar-refractivity contribution in [1.82, 2.24) is 24.9 Å². The lowest BCUT2D eigenvalue weighted by Gasteiger charge is -2.14. The highest BCUT2D eigenvalue weighted by atomic mass is 16.2. The highest BCUT2D eigenvalue weighted by Crippen LogP contribution is 2.16. The maximum absolute atomic E-state index is 12.2. The van der Waals surface area contributed by atoms with Crippen molar-refractivity contribution in [2.45, 2.75) is 39.3 Å². The van der Waals surface area contributed by atoms with Crippen LogP contribution in [0, 0.1) is 0 Å². The molecule has 0 saturated carbocycles. The minimum Gasteiger partial charge on any atom is -0.344 e. The van der Waals surface area contributed by atoms with E-state index in [9.17, 15) is 4.79 Å². The molecule has 0 saturated heterocycles. The van der Waals surface area contributed by atoms with Gasteiger partial charge in [0.15, 0.2) is 0 Å². The van der Waals surface area contributed by atoms with E-state index in [1.165, 1.54) is 0 Å². The molecule has 6 heteroatoms. The zero-order chi connectivity index (χ0) is 14.7. The summed E-state index contributed by atoms with van der Waals surface area (Å²) in [6, 6.07) is 1.95. The van der Waals surface area contributed by atoms with Crippen LogP contribution in [0.15, 0.2) is 24.7 Å². The maximum Gasteiger partial charge on any atom is 0.272 e. The first-order chi connectivity index (χ1) is 9.51. The Bertz CT molecular complexity index is 584. The Balaban J connectivity index is 2.08. The molecule has 0 aromatic carbocycles. The summed E-state index contributed by atoms with van der Waals surface area (Å²) in [5, 5.41) is 11.4. The molecule has 0 bridgehead atoms. The smallest absolute Gasteiger partial charge is 0.272 e. The Hall–Kier alpha value is -2.11. The third-order valence-electron chi connectivity index (χ3n) is 3.21. The van der Waals surface area contributed by atoms with Crippen molar-refractivity contribution in [3.8, 4) is 0 Å². The normalized spacial score (nSPS) is 12.7. The summed E-state index contributed by atoms with van der Waals surface area (Å²) in [7, 11) is 1.86. The van der Waals surface area contributed by atoms with E-state index in [4.69, 9.17) is 0 Å². The summed E-state index contributed by atoms with van der Waals surface area (Å²) in [5.41, 5.74) is 1.45. The second-order valence-corrected chi connectivity index (χ2v) is 5.16. The molecule has 0 radical (unpaired) electrons. The van der Waals surface area contributed by atoms with Crippen molar-refractivity contribution in [1.29, 1.82) is 0 Å². The maximum atomic E-state index is 12.2. The van der Waals surface area contributed by atoms with E-state index in [1.54, 1.807) is 21.6 Å². The van der Waals surface area contributed by atoms with Gasteiger partial charge in [-0.1, -0.05) is 6.92 Å². The summed E-state index contributed by atoms with van der Waals surface area (Å²) in [6.45, 7) is 6.09. The minimum atomic E-state index is -0.153. The van der Waals surface area contributed by atoms with Gasteiger partial charge in [-0.15, -0.1) is 0 Å². The first-order valence-corrected chi connectivity index (χ1v) is 6.85. The van der Waals surface area contributed by atoms with Gasteiger partial charge in [0.25, 0.3) is 5.91 Å². The number of amides is 1. The number of hydrogen-bond acceptors (Lipinski definition) is 3. The number of nitrogens with one attached hydrogen (secondary N) is 1. The number of aryl methyl sites for hydroxylation is 1. The van der Waals surface area contributed by atoms with Crippen molar-refractivity contribution in [2.24, 2.45) is 7.05 Å². The lowest BCUT2D eigenvalue weighted by Crippen LogP contribution is -2.28. The molecule has 0 aliphatic carbocycles. The first kappa shape index (κ1) is 14.3. The van der Waals surface area contributed by atoms with Crippen LogP contribution in [0.3, 0.4) is 0 Å². The highest BCUT2D eigenvalue weighted by Gasteiger charge is 2.17. The lowest BCUT2D eigenvalue weighted by molar-refractivity contribution is 0.0929.